The molecular formula is C52H38N2. The molecule has 1 atom stereocenters. The highest BCUT2D eigenvalue weighted by Gasteiger charge is 2.35. The summed E-state index contributed by atoms with van der Waals surface area (Å²) in [5.74, 6) is 1.01. The summed E-state index contributed by atoms with van der Waals surface area (Å²) in [5, 5.41) is 7.40. The zero-order chi connectivity index (χ0) is 36.0. The first-order valence-corrected chi connectivity index (χ1v) is 19.1. The van der Waals surface area contributed by atoms with Crippen molar-refractivity contribution in [3.8, 4) is 44.8 Å². The van der Waals surface area contributed by atoms with E-state index in [2.05, 4.69) is 194 Å². The highest BCUT2D eigenvalue weighted by atomic mass is 15.1. The molecule has 0 fully saturated rings. The molecule has 2 aliphatic carbocycles. The molecule has 11 rings (SSSR count). The van der Waals surface area contributed by atoms with E-state index in [1.165, 1.54) is 82.4 Å². The molecule has 0 bridgehead atoms. The first kappa shape index (κ1) is 31.1. The van der Waals surface area contributed by atoms with Gasteiger partial charge in [0, 0.05) is 11.0 Å². The number of aromatic nitrogens is 2. The molecule has 1 aromatic heterocycles. The third kappa shape index (κ3) is 4.50. The summed E-state index contributed by atoms with van der Waals surface area (Å²) in [6.07, 6.45) is 9.84. The van der Waals surface area contributed by atoms with Gasteiger partial charge in [-0.25, -0.2) is 4.98 Å². The van der Waals surface area contributed by atoms with Gasteiger partial charge in [-0.1, -0.05) is 166 Å². The van der Waals surface area contributed by atoms with Crippen molar-refractivity contribution in [2.45, 2.75) is 31.7 Å². The molecule has 1 unspecified atom stereocenters. The molecule has 0 saturated heterocycles. The molecule has 0 radical (unpaired) electrons. The summed E-state index contributed by atoms with van der Waals surface area (Å²) in [6.45, 7) is 4.72. The van der Waals surface area contributed by atoms with Crippen molar-refractivity contribution in [1.29, 1.82) is 0 Å². The summed E-state index contributed by atoms with van der Waals surface area (Å²) in [6, 6.07) is 56.5. The molecule has 1 heterocycles. The zero-order valence-corrected chi connectivity index (χ0v) is 30.4. The van der Waals surface area contributed by atoms with E-state index in [9.17, 15) is 0 Å². The smallest absolute Gasteiger partial charge is 0.142 e. The minimum atomic E-state index is -0.0537. The van der Waals surface area contributed by atoms with Gasteiger partial charge < -0.3 is 4.57 Å². The van der Waals surface area contributed by atoms with Crippen LogP contribution in [0, 0.1) is 0 Å². The van der Waals surface area contributed by atoms with Crippen LogP contribution in [0.4, 0.5) is 0 Å². The first-order chi connectivity index (χ1) is 26.6. The van der Waals surface area contributed by atoms with Gasteiger partial charge >= 0.3 is 0 Å². The number of hydrogen-bond acceptors (Lipinski definition) is 1. The number of benzene rings is 8. The summed E-state index contributed by atoms with van der Waals surface area (Å²) < 4.78 is 2.48. The third-order valence-electron chi connectivity index (χ3n) is 12.1. The van der Waals surface area contributed by atoms with Crippen LogP contribution >= 0.6 is 0 Å². The molecule has 2 nitrogen and oxygen atoms in total. The van der Waals surface area contributed by atoms with E-state index in [1.807, 2.05) is 0 Å². The Labute approximate surface area is 315 Å². The van der Waals surface area contributed by atoms with Gasteiger partial charge in [-0.05, 0) is 108 Å². The number of allylic oxidation sites excluding steroid dienone is 4. The van der Waals surface area contributed by atoms with Gasteiger partial charge in [0.2, 0.25) is 0 Å². The van der Waals surface area contributed by atoms with Crippen LogP contribution in [0.15, 0.2) is 176 Å². The van der Waals surface area contributed by atoms with E-state index in [-0.39, 0.29) is 11.5 Å². The Bertz CT molecular complexity index is 3060. The topological polar surface area (TPSA) is 17.8 Å². The lowest BCUT2D eigenvalue weighted by atomic mass is 9.81. The van der Waals surface area contributed by atoms with E-state index in [0.29, 0.717) is 0 Å². The van der Waals surface area contributed by atoms with E-state index in [1.54, 1.807) is 0 Å². The Hall–Kier alpha value is -6.51. The number of imidazole rings is 1. The summed E-state index contributed by atoms with van der Waals surface area (Å²) in [4.78, 5) is 5.48. The lowest BCUT2D eigenvalue weighted by Gasteiger charge is -2.23. The van der Waals surface area contributed by atoms with Gasteiger partial charge in [0.15, 0.2) is 0 Å². The Morgan fingerprint density at radius 1 is 0.537 bits per heavy atom. The Kier molecular flexibility index (Phi) is 6.76. The fraction of sp³-hybridized carbons (Fsp3) is 0.0962. The number of nitrogens with zero attached hydrogens (tertiary/aromatic N) is 2. The van der Waals surface area contributed by atoms with Crippen LogP contribution in [0.1, 0.15) is 37.4 Å². The van der Waals surface area contributed by atoms with Gasteiger partial charge in [0.1, 0.15) is 5.82 Å². The van der Waals surface area contributed by atoms with Crippen molar-refractivity contribution in [3.05, 3.63) is 187 Å². The fourth-order valence-electron chi connectivity index (χ4n) is 9.57. The van der Waals surface area contributed by atoms with Gasteiger partial charge in [-0.15, -0.1) is 0 Å². The monoisotopic (exact) mass is 690 g/mol. The number of para-hydroxylation sites is 2. The van der Waals surface area contributed by atoms with Crippen LogP contribution in [0.2, 0.25) is 0 Å². The SMILES string of the molecule is CC1(C)c2ccccc2-c2cc(-c3c4ccccc4c(-c4nc5ccccc5n4C4C=CC=CC4)c4ccc(-c5cccc6ccccc56)cc34)ccc21. The molecule has 0 N–H and O–H groups in total. The van der Waals surface area contributed by atoms with E-state index in [0.717, 1.165) is 23.3 Å². The molecule has 8 aromatic carbocycles. The normalized spacial score (nSPS) is 15.7. The summed E-state index contributed by atoms with van der Waals surface area (Å²) in [5.41, 5.74) is 13.7. The van der Waals surface area contributed by atoms with Gasteiger partial charge in [0.25, 0.3) is 0 Å². The second-order valence-electron chi connectivity index (χ2n) is 15.4. The minimum Gasteiger partial charge on any atom is -0.317 e. The molecule has 2 heteroatoms. The Morgan fingerprint density at radius 3 is 2.09 bits per heavy atom. The van der Waals surface area contributed by atoms with Crippen molar-refractivity contribution in [1.82, 2.24) is 9.55 Å². The first-order valence-electron chi connectivity index (χ1n) is 19.1. The molecule has 0 amide bonds. The highest BCUT2D eigenvalue weighted by molar-refractivity contribution is 6.22. The predicted octanol–water partition coefficient (Wildman–Crippen LogP) is 13.9. The maximum Gasteiger partial charge on any atom is 0.142 e. The van der Waals surface area contributed by atoms with Crippen molar-refractivity contribution in [3.63, 3.8) is 0 Å². The van der Waals surface area contributed by atoms with Crippen molar-refractivity contribution >= 4 is 43.4 Å². The molecule has 0 saturated carbocycles. The average molecular weight is 691 g/mol. The van der Waals surface area contributed by atoms with Crippen molar-refractivity contribution in [2.75, 3.05) is 0 Å². The van der Waals surface area contributed by atoms with Gasteiger partial charge in [0.05, 0.1) is 17.1 Å². The lowest BCUT2D eigenvalue weighted by Crippen LogP contribution is -2.14. The Morgan fingerprint density at radius 2 is 1.22 bits per heavy atom. The molecule has 0 spiro atoms. The van der Waals surface area contributed by atoms with E-state index >= 15 is 0 Å². The summed E-state index contributed by atoms with van der Waals surface area (Å²) in [7, 11) is 0. The predicted molar refractivity (Wildman–Crippen MR) is 228 cm³/mol. The number of fused-ring (bicyclic) bond motifs is 7. The number of rotatable bonds is 4. The van der Waals surface area contributed by atoms with Gasteiger partial charge in [-0.3, -0.25) is 0 Å². The largest absolute Gasteiger partial charge is 0.317 e. The fourth-order valence-corrected chi connectivity index (χ4v) is 9.57. The van der Waals surface area contributed by atoms with Crippen molar-refractivity contribution < 1.29 is 0 Å². The molecular weight excluding hydrogens is 653 g/mol. The quantitative estimate of drug-likeness (QED) is 0.168. The molecule has 0 aliphatic heterocycles. The van der Waals surface area contributed by atoms with Crippen LogP contribution in [-0.4, -0.2) is 9.55 Å². The Balaban J connectivity index is 1.27. The van der Waals surface area contributed by atoms with E-state index in [4.69, 9.17) is 4.98 Å². The second kappa shape index (κ2) is 11.7. The third-order valence-corrected chi connectivity index (χ3v) is 12.1. The van der Waals surface area contributed by atoms with Crippen LogP contribution in [-0.2, 0) is 5.41 Å². The number of hydrogen-bond donors (Lipinski definition) is 0. The molecule has 54 heavy (non-hydrogen) atoms. The van der Waals surface area contributed by atoms with Gasteiger partial charge in [-0.2, -0.15) is 0 Å². The molecule has 256 valence electrons. The van der Waals surface area contributed by atoms with E-state index < -0.39 is 0 Å². The second-order valence-corrected chi connectivity index (χ2v) is 15.4. The zero-order valence-electron chi connectivity index (χ0n) is 30.4. The minimum absolute atomic E-state index is 0.0537. The molecule has 2 aliphatic rings. The standard InChI is InChI=1S/C52H38N2/c1-52(2)45-24-11-10-20-39(45)43-32-35(28-30-46(43)52)49-40-21-8-9-22-41(40)50(51-53-47-25-12-13-26-48(47)54(51)36-17-4-3-5-18-36)42-29-27-34(31-44(42)49)38-23-14-16-33-15-6-7-19-37(33)38/h3-17,19-32,36H,18H2,1-2H3. The van der Waals surface area contributed by atoms with Crippen LogP contribution in [0.25, 0.3) is 88.1 Å². The van der Waals surface area contributed by atoms with Crippen LogP contribution in [0.5, 0.6) is 0 Å². The average Bonchev–Trinajstić information content (AvgIpc) is 3.71. The van der Waals surface area contributed by atoms with Crippen molar-refractivity contribution in [2.24, 2.45) is 0 Å². The maximum absolute atomic E-state index is 5.48. The highest BCUT2D eigenvalue weighted by Crippen LogP contribution is 2.52. The lowest BCUT2D eigenvalue weighted by molar-refractivity contribution is 0.631. The summed E-state index contributed by atoms with van der Waals surface area (Å²) >= 11 is 0. The van der Waals surface area contributed by atoms with Crippen LogP contribution in [0.3, 0.4) is 0 Å². The molecule has 9 aromatic rings. The maximum atomic E-state index is 5.48. The van der Waals surface area contributed by atoms with Crippen LogP contribution < -0.4 is 0 Å².